The largest absolute Gasteiger partial charge is 0.136 e. The lowest BCUT2D eigenvalue weighted by Crippen LogP contribution is -1.94. The number of hydrogen-bond acceptors (Lipinski definition) is 1. The molecule has 0 aliphatic heterocycles. The lowest BCUT2D eigenvalue weighted by Gasteiger charge is -2.06. The van der Waals surface area contributed by atoms with Gasteiger partial charge in [-0.25, -0.2) is 0 Å². The summed E-state index contributed by atoms with van der Waals surface area (Å²) in [7, 11) is 0. The minimum Gasteiger partial charge on any atom is -0.136 e. The molecule has 2 aromatic rings. The van der Waals surface area contributed by atoms with Gasteiger partial charge in [0.15, 0.2) is 0 Å². The fraction of sp³-hybridized carbons (Fsp3) is 0.250. The third-order valence-electron chi connectivity index (χ3n) is 2.98. The molecule has 0 radical (unpaired) electrons. The minimum atomic E-state index is 0.485. The predicted molar refractivity (Wildman–Crippen MR) is 88.3 cm³/mol. The summed E-state index contributed by atoms with van der Waals surface area (Å²) in [6.07, 6.45) is 2.20. The fourth-order valence-corrected chi connectivity index (χ4v) is 3.24. The van der Waals surface area contributed by atoms with Gasteiger partial charge < -0.3 is 0 Å². The van der Waals surface area contributed by atoms with Gasteiger partial charge in [0, 0.05) is 20.7 Å². The number of rotatable bonds is 4. The van der Waals surface area contributed by atoms with Gasteiger partial charge >= 0.3 is 0 Å². The van der Waals surface area contributed by atoms with Crippen LogP contribution in [0.25, 0.3) is 16.5 Å². The van der Waals surface area contributed by atoms with Crippen LogP contribution >= 0.6 is 34.5 Å². The summed E-state index contributed by atoms with van der Waals surface area (Å²) in [6.45, 7) is 4.34. The van der Waals surface area contributed by atoms with E-state index in [9.17, 15) is 0 Å². The van der Waals surface area contributed by atoms with Crippen LogP contribution in [0.2, 0.25) is 5.02 Å². The van der Waals surface area contributed by atoms with Crippen LogP contribution in [0, 0.1) is 5.92 Å². The van der Waals surface area contributed by atoms with Crippen molar-refractivity contribution >= 4 is 40.6 Å². The number of thiophene rings is 1. The van der Waals surface area contributed by atoms with Gasteiger partial charge in [0.1, 0.15) is 0 Å². The molecule has 1 aromatic heterocycles. The average Bonchev–Trinajstić information content (AvgIpc) is 2.85. The van der Waals surface area contributed by atoms with Crippen molar-refractivity contribution in [2.75, 3.05) is 5.88 Å². The van der Waals surface area contributed by atoms with E-state index in [1.807, 2.05) is 24.3 Å². The van der Waals surface area contributed by atoms with Gasteiger partial charge in [-0.05, 0) is 41.8 Å². The smallest absolute Gasteiger partial charge is 0.0439 e. The Hall–Kier alpha value is -0.760. The van der Waals surface area contributed by atoms with Gasteiger partial charge in [-0.2, -0.15) is 0 Å². The molecule has 1 aromatic carbocycles. The number of alkyl halides is 1. The zero-order valence-corrected chi connectivity index (χ0v) is 13.3. The molecule has 0 amide bonds. The fourth-order valence-electron chi connectivity index (χ4n) is 1.74. The van der Waals surface area contributed by atoms with Crippen molar-refractivity contribution in [3.63, 3.8) is 0 Å². The summed E-state index contributed by atoms with van der Waals surface area (Å²) in [5, 5.41) is 0.768. The quantitative estimate of drug-likeness (QED) is 0.577. The maximum Gasteiger partial charge on any atom is 0.0439 e. The van der Waals surface area contributed by atoms with Crippen molar-refractivity contribution in [2.24, 2.45) is 5.92 Å². The average molecular weight is 311 g/mol. The highest BCUT2D eigenvalue weighted by molar-refractivity contribution is 7.16. The molecule has 0 N–H and O–H groups in total. The molecule has 0 aliphatic rings. The van der Waals surface area contributed by atoms with E-state index in [4.69, 9.17) is 23.2 Å². The van der Waals surface area contributed by atoms with E-state index in [1.165, 1.54) is 20.9 Å². The first-order valence-corrected chi connectivity index (χ1v) is 7.95. The summed E-state index contributed by atoms with van der Waals surface area (Å²) in [5.41, 5.74) is 2.47. The Balaban J connectivity index is 2.26. The molecule has 1 heterocycles. The third kappa shape index (κ3) is 3.85. The first-order chi connectivity index (χ1) is 9.10. The zero-order valence-electron chi connectivity index (χ0n) is 11.0. The lowest BCUT2D eigenvalue weighted by atomic mass is 10.0. The molecule has 19 heavy (non-hydrogen) atoms. The standard InChI is InChI=1S/C16H16Cl2S/c1-11(2)13(10-17)9-15-7-8-16(19-15)12-3-5-14(18)6-4-12/h3-9,11H,10H2,1-2H3. The molecule has 0 aliphatic carbocycles. The molecule has 2 rings (SSSR count). The van der Waals surface area contributed by atoms with Gasteiger partial charge in [-0.15, -0.1) is 22.9 Å². The number of benzene rings is 1. The summed E-state index contributed by atoms with van der Waals surface area (Å²) < 4.78 is 0. The highest BCUT2D eigenvalue weighted by Gasteiger charge is 2.05. The van der Waals surface area contributed by atoms with Crippen molar-refractivity contribution < 1.29 is 0 Å². The van der Waals surface area contributed by atoms with Crippen LogP contribution in [0.5, 0.6) is 0 Å². The number of halogens is 2. The van der Waals surface area contributed by atoms with Crippen molar-refractivity contribution in [3.05, 3.63) is 51.9 Å². The van der Waals surface area contributed by atoms with Gasteiger partial charge in [0.25, 0.3) is 0 Å². The molecule has 3 heteroatoms. The summed E-state index contributed by atoms with van der Waals surface area (Å²) in [4.78, 5) is 2.50. The van der Waals surface area contributed by atoms with Crippen LogP contribution < -0.4 is 0 Å². The van der Waals surface area contributed by atoms with E-state index in [0.717, 1.165) is 5.02 Å². The molecule has 0 nitrogen and oxygen atoms in total. The van der Waals surface area contributed by atoms with Crippen LogP contribution in [0.15, 0.2) is 42.0 Å². The van der Waals surface area contributed by atoms with Crippen LogP contribution in [0.4, 0.5) is 0 Å². The summed E-state index contributed by atoms with van der Waals surface area (Å²) in [5.74, 6) is 1.07. The molecule has 0 saturated carbocycles. The summed E-state index contributed by atoms with van der Waals surface area (Å²) in [6, 6.07) is 12.2. The first kappa shape index (κ1) is 14.6. The van der Waals surface area contributed by atoms with Crippen molar-refractivity contribution in [1.29, 1.82) is 0 Å². The van der Waals surface area contributed by atoms with E-state index in [-0.39, 0.29) is 0 Å². The van der Waals surface area contributed by atoms with Crippen molar-refractivity contribution in [2.45, 2.75) is 13.8 Å². The molecule has 0 unspecified atom stereocenters. The monoisotopic (exact) mass is 310 g/mol. The van der Waals surface area contributed by atoms with Gasteiger partial charge in [-0.3, -0.25) is 0 Å². The molecular weight excluding hydrogens is 295 g/mol. The van der Waals surface area contributed by atoms with Gasteiger partial charge in [0.05, 0.1) is 0 Å². The normalized spacial score (nSPS) is 12.2. The SMILES string of the molecule is CC(C)C(=Cc1ccc(-c2ccc(Cl)cc2)s1)CCl. The molecule has 100 valence electrons. The Morgan fingerprint density at radius 3 is 2.42 bits per heavy atom. The molecule has 0 bridgehead atoms. The van der Waals surface area contributed by atoms with E-state index >= 15 is 0 Å². The summed E-state index contributed by atoms with van der Waals surface area (Å²) >= 11 is 13.7. The Morgan fingerprint density at radius 2 is 1.84 bits per heavy atom. The number of hydrogen-bond donors (Lipinski definition) is 0. The molecular formula is C16H16Cl2S. The molecule has 0 spiro atoms. The maximum atomic E-state index is 5.98. The van der Waals surface area contributed by atoms with E-state index in [1.54, 1.807) is 11.3 Å². The van der Waals surface area contributed by atoms with Gasteiger partial charge in [0.2, 0.25) is 0 Å². The topological polar surface area (TPSA) is 0 Å². The third-order valence-corrected chi connectivity index (χ3v) is 4.62. The Bertz CT molecular complexity index is 565. The van der Waals surface area contributed by atoms with E-state index < -0.39 is 0 Å². The molecule has 0 saturated heterocycles. The number of allylic oxidation sites excluding steroid dienone is 1. The minimum absolute atomic E-state index is 0.485. The zero-order chi connectivity index (χ0) is 13.8. The predicted octanol–water partition coefficient (Wildman–Crippen LogP) is 6.35. The highest BCUT2D eigenvalue weighted by atomic mass is 35.5. The van der Waals surface area contributed by atoms with Crippen molar-refractivity contribution in [1.82, 2.24) is 0 Å². The second-order valence-electron chi connectivity index (χ2n) is 4.72. The first-order valence-electron chi connectivity index (χ1n) is 6.22. The highest BCUT2D eigenvalue weighted by Crippen LogP contribution is 2.31. The lowest BCUT2D eigenvalue weighted by molar-refractivity contribution is 0.778. The van der Waals surface area contributed by atoms with Crippen LogP contribution in [0.3, 0.4) is 0 Å². The second kappa shape index (κ2) is 6.60. The Morgan fingerprint density at radius 1 is 1.16 bits per heavy atom. The maximum absolute atomic E-state index is 5.98. The van der Waals surface area contributed by atoms with E-state index in [2.05, 4.69) is 32.1 Å². The molecule has 0 fully saturated rings. The van der Waals surface area contributed by atoms with E-state index in [0.29, 0.717) is 11.8 Å². The van der Waals surface area contributed by atoms with Crippen LogP contribution in [-0.4, -0.2) is 5.88 Å². The molecule has 0 atom stereocenters. The van der Waals surface area contributed by atoms with Crippen LogP contribution in [0.1, 0.15) is 18.7 Å². The van der Waals surface area contributed by atoms with Gasteiger partial charge in [-0.1, -0.05) is 43.2 Å². The Kier molecular flexibility index (Phi) is 5.09. The second-order valence-corrected chi connectivity index (χ2v) is 6.54. The van der Waals surface area contributed by atoms with Crippen molar-refractivity contribution in [3.8, 4) is 10.4 Å². The Labute approximate surface area is 128 Å². The van der Waals surface area contributed by atoms with Crippen LogP contribution in [-0.2, 0) is 0 Å².